The van der Waals surface area contributed by atoms with Crippen molar-refractivity contribution < 1.29 is 26.4 Å². The predicted molar refractivity (Wildman–Crippen MR) is 142 cm³/mol. The van der Waals surface area contributed by atoms with Crippen molar-refractivity contribution in [2.45, 2.75) is 41.6 Å². The van der Waals surface area contributed by atoms with Crippen molar-refractivity contribution in [3.8, 4) is 0 Å². The number of rotatable bonds is 7. The van der Waals surface area contributed by atoms with Gasteiger partial charge in [0.25, 0.3) is 20.0 Å². The van der Waals surface area contributed by atoms with Gasteiger partial charge in [-0.2, -0.15) is 4.72 Å². The summed E-state index contributed by atoms with van der Waals surface area (Å²) in [4.78, 5) is 28.8. The van der Waals surface area contributed by atoms with Crippen molar-refractivity contribution in [2.24, 2.45) is 0 Å². The van der Waals surface area contributed by atoms with Gasteiger partial charge in [-0.05, 0) is 62.1 Å². The lowest BCUT2D eigenvalue weighted by atomic mass is 10.1. The first-order valence-corrected chi connectivity index (χ1v) is 15.6. The summed E-state index contributed by atoms with van der Waals surface area (Å²) in [5.74, 6) is -0.672. The van der Waals surface area contributed by atoms with Crippen LogP contribution >= 0.6 is 11.6 Å². The highest BCUT2D eigenvalue weighted by molar-refractivity contribution is 7.92. The molecule has 2 aliphatic heterocycles. The number of likely N-dealkylation sites (tertiary alicyclic amines) is 2. The Morgan fingerprint density at radius 1 is 0.947 bits per heavy atom. The maximum atomic E-state index is 13.7. The van der Waals surface area contributed by atoms with E-state index in [-0.39, 0.29) is 29.3 Å². The van der Waals surface area contributed by atoms with Crippen molar-refractivity contribution in [2.75, 3.05) is 26.2 Å². The molecule has 1 atom stereocenters. The Morgan fingerprint density at radius 3 is 2.37 bits per heavy atom. The number of carbonyl (C=O) groups excluding carboxylic acids is 2. The van der Waals surface area contributed by atoms with E-state index in [1.165, 1.54) is 41.3 Å². The topological polar surface area (TPSA) is 126 Å². The average molecular weight is 579 g/mol. The fraction of sp³-hybridized carbons (Fsp3) is 0.360. The molecule has 3 heterocycles. The Bertz CT molecular complexity index is 1600. The number of fused-ring (bicyclic) bond motifs is 1. The molecular formula is C25H27ClN4O6S2. The molecule has 0 aliphatic carbocycles. The minimum atomic E-state index is -4.51. The highest BCUT2D eigenvalue weighted by atomic mass is 35.5. The first kappa shape index (κ1) is 26.7. The van der Waals surface area contributed by atoms with Gasteiger partial charge in [0.15, 0.2) is 5.03 Å². The summed E-state index contributed by atoms with van der Waals surface area (Å²) in [5, 5.41) is 0.0892. The fourth-order valence-corrected chi connectivity index (χ4v) is 8.46. The van der Waals surface area contributed by atoms with Gasteiger partial charge in [0.1, 0.15) is 6.04 Å². The van der Waals surface area contributed by atoms with Gasteiger partial charge >= 0.3 is 0 Å². The summed E-state index contributed by atoms with van der Waals surface area (Å²) >= 11 is 6.10. The number of hydrogen-bond acceptors (Lipinski definition) is 6. The van der Waals surface area contributed by atoms with Crippen LogP contribution in [0, 0.1) is 0 Å². The number of carbonyl (C=O) groups is 2. The van der Waals surface area contributed by atoms with Crippen LogP contribution in [0.2, 0.25) is 5.02 Å². The Kier molecular flexibility index (Phi) is 7.25. The maximum absolute atomic E-state index is 13.7. The minimum Gasteiger partial charge on any atom is -0.341 e. The Balaban J connectivity index is 1.48. The van der Waals surface area contributed by atoms with Crippen LogP contribution in [0.25, 0.3) is 10.9 Å². The summed E-state index contributed by atoms with van der Waals surface area (Å²) in [7, 11) is -8.84. The van der Waals surface area contributed by atoms with E-state index in [4.69, 9.17) is 11.6 Å². The van der Waals surface area contributed by atoms with Crippen molar-refractivity contribution in [1.29, 1.82) is 0 Å². The zero-order chi connectivity index (χ0) is 27.1. The van der Waals surface area contributed by atoms with Gasteiger partial charge in [-0.15, -0.1) is 0 Å². The lowest BCUT2D eigenvalue weighted by Gasteiger charge is -2.33. The van der Waals surface area contributed by atoms with E-state index in [1.54, 1.807) is 23.1 Å². The highest BCUT2D eigenvalue weighted by Crippen LogP contribution is 2.31. The molecule has 0 spiro atoms. The number of sulfonamides is 1. The number of hydrogen-bond donors (Lipinski definition) is 1. The van der Waals surface area contributed by atoms with Crippen LogP contribution in [0.5, 0.6) is 0 Å². The third-order valence-corrected chi connectivity index (χ3v) is 10.4. The largest absolute Gasteiger partial charge is 0.341 e. The third kappa shape index (κ3) is 5.05. The van der Waals surface area contributed by atoms with Gasteiger partial charge in [-0.1, -0.05) is 29.8 Å². The highest BCUT2D eigenvalue weighted by Gasteiger charge is 2.37. The standard InChI is InChI=1S/C25H27ClN4O6S2/c26-19-10-11-22-18(15-19)16-24(30(22)38(35,36)20-7-2-1-3-8-20)37(33,34)27-21-9-6-14-29(25(21)32)17-23(31)28-12-4-5-13-28/h1-3,7-8,10-11,15-16,21,27H,4-6,9,12-14,17H2. The van der Waals surface area contributed by atoms with Crippen molar-refractivity contribution in [3.63, 3.8) is 0 Å². The second-order valence-corrected chi connectivity index (χ2v) is 13.3. The van der Waals surface area contributed by atoms with Gasteiger partial charge in [-0.25, -0.2) is 20.8 Å². The van der Waals surface area contributed by atoms with Crippen molar-refractivity contribution in [3.05, 3.63) is 59.6 Å². The molecule has 5 rings (SSSR count). The number of nitrogens with one attached hydrogen (secondary N) is 1. The monoisotopic (exact) mass is 578 g/mol. The molecule has 2 aliphatic rings. The van der Waals surface area contributed by atoms with Crippen LogP contribution in [-0.4, -0.2) is 74.6 Å². The molecule has 202 valence electrons. The summed E-state index contributed by atoms with van der Waals surface area (Å²) in [6.45, 7) is 1.54. The van der Waals surface area contributed by atoms with Gasteiger partial charge in [-0.3, -0.25) is 9.59 Å². The maximum Gasteiger partial charge on any atom is 0.269 e. The Labute approximate surface area is 226 Å². The van der Waals surface area contributed by atoms with Crippen molar-refractivity contribution in [1.82, 2.24) is 18.5 Å². The third-order valence-electron chi connectivity index (χ3n) is 6.86. The number of halogens is 1. The lowest BCUT2D eigenvalue weighted by Crippen LogP contribution is -2.54. The zero-order valence-corrected chi connectivity index (χ0v) is 22.8. The van der Waals surface area contributed by atoms with Gasteiger partial charge < -0.3 is 9.80 Å². The lowest BCUT2D eigenvalue weighted by molar-refractivity contribution is -0.142. The zero-order valence-electron chi connectivity index (χ0n) is 20.4. The quantitative estimate of drug-likeness (QED) is 0.459. The second kappa shape index (κ2) is 10.3. The van der Waals surface area contributed by atoms with E-state index in [9.17, 15) is 26.4 Å². The first-order chi connectivity index (χ1) is 18.1. The molecule has 1 N–H and O–H groups in total. The van der Waals surface area contributed by atoms with E-state index in [2.05, 4.69) is 4.72 Å². The predicted octanol–water partition coefficient (Wildman–Crippen LogP) is 2.42. The molecular weight excluding hydrogens is 552 g/mol. The minimum absolute atomic E-state index is 0.0933. The molecule has 2 amide bonds. The smallest absolute Gasteiger partial charge is 0.269 e. The molecule has 38 heavy (non-hydrogen) atoms. The van der Waals surface area contributed by atoms with E-state index >= 15 is 0 Å². The summed E-state index contributed by atoms with van der Waals surface area (Å²) in [6, 6.07) is 12.0. The van der Waals surface area contributed by atoms with E-state index < -0.39 is 37.0 Å². The molecule has 1 aromatic heterocycles. The van der Waals surface area contributed by atoms with E-state index in [0.717, 1.165) is 16.8 Å². The van der Waals surface area contributed by atoms with Gasteiger partial charge in [0, 0.05) is 30.0 Å². The molecule has 0 saturated carbocycles. The van der Waals surface area contributed by atoms with Crippen LogP contribution in [0.15, 0.2) is 64.5 Å². The average Bonchev–Trinajstić information content (AvgIpc) is 3.56. The van der Waals surface area contributed by atoms with Crippen LogP contribution in [-0.2, 0) is 29.6 Å². The number of amides is 2. The normalized spacial score (nSPS) is 18.9. The molecule has 0 bridgehead atoms. The fourth-order valence-electron chi connectivity index (χ4n) is 4.95. The molecule has 2 saturated heterocycles. The van der Waals surface area contributed by atoms with Crippen LogP contribution < -0.4 is 4.72 Å². The van der Waals surface area contributed by atoms with Crippen LogP contribution in [0.3, 0.4) is 0 Å². The molecule has 3 aromatic rings. The van der Waals surface area contributed by atoms with Crippen molar-refractivity contribution >= 4 is 54.4 Å². The van der Waals surface area contributed by atoms with Crippen LogP contribution in [0.1, 0.15) is 25.7 Å². The number of piperidine rings is 1. The molecule has 0 radical (unpaired) electrons. The van der Waals surface area contributed by atoms with Gasteiger partial charge in [0.2, 0.25) is 11.8 Å². The number of benzene rings is 2. The van der Waals surface area contributed by atoms with Gasteiger partial charge in [0.05, 0.1) is 17.0 Å². The molecule has 2 fully saturated rings. The summed E-state index contributed by atoms with van der Waals surface area (Å²) < 4.78 is 57.8. The first-order valence-electron chi connectivity index (χ1n) is 12.3. The summed E-state index contributed by atoms with van der Waals surface area (Å²) in [6.07, 6.45) is 2.57. The Morgan fingerprint density at radius 2 is 1.66 bits per heavy atom. The number of nitrogens with zero attached hydrogens (tertiary/aromatic N) is 3. The second-order valence-electron chi connectivity index (χ2n) is 9.43. The molecule has 2 aromatic carbocycles. The van der Waals surface area contributed by atoms with Crippen LogP contribution in [0.4, 0.5) is 0 Å². The molecule has 13 heteroatoms. The molecule has 10 nitrogen and oxygen atoms in total. The SMILES string of the molecule is O=C(CN1CCCC(NS(=O)(=O)c2cc3cc(Cl)ccc3n2S(=O)(=O)c2ccccc2)C1=O)N1CCCC1. The number of aromatic nitrogens is 1. The Hall–Kier alpha value is -2.93. The van der Waals surface area contributed by atoms with E-state index in [0.29, 0.717) is 36.5 Å². The van der Waals surface area contributed by atoms with E-state index in [1.807, 2.05) is 0 Å². The molecule has 1 unspecified atom stereocenters. The summed E-state index contributed by atoms with van der Waals surface area (Å²) in [5.41, 5.74) is 0.131.